The lowest BCUT2D eigenvalue weighted by molar-refractivity contribution is 0.00578. The van der Waals surface area contributed by atoms with Crippen LogP contribution in [0.15, 0.2) is 18.5 Å². The van der Waals surface area contributed by atoms with E-state index in [2.05, 4.69) is 4.98 Å². The number of carbonyl (C=O) groups is 1. The molecule has 0 aromatic carbocycles. The van der Waals surface area contributed by atoms with Gasteiger partial charge >= 0.3 is 13.2 Å². The van der Waals surface area contributed by atoms with Gasteiger partial charge in [0, 0.05) is 11.7 Å². The summed E-state index contributed by atoms with van der Waals surface area (Å²) < 4.78 is 16.5. The van der Waals surface area contributed by atoms with Crippen molar-refractivity contribution in [2.24, 2.45) is 5.73 Å². The number of nitrogens with two attached hydrogens (primary N) is 1. The molecule has 1 aromatic heterocycles. The van der Waals surface area contributed by atoms with Crippen LogP contribution in [-0.2, 0) is 9.31 Å². The summed E-state index contributed by atoms with van der Waals surface area (Å²) in [5.41, 5.74) is 4.78. The van der Waals surface area contributed by atoms with E-state index in [1.165, 1.54) is 6.20 Å². The molecule has 19 heavy (non-hydrogen) atoms. The van der Waals surface area contributed by atoms with Gasteiger partial charge in [-0.25, -0.2) is 4.79 Å². The zero-order valence-corrected chi connectivity index (χ0v) is 11.5. The van der Waals surface area contributed by atoms with Crippen molar-refractivity contribution < 1.29 is 18.8 Å². The summed E-state index contributed by atoms with van der Waals surface area (Å²) >= 11 is 0. The lowest BCUT2D eigenvalue weighted by Gasteiger charge is -2.32. The van der Waals surface area contributed by atoms with Crippen LogP contribution >= 0.6 is 0 Å². The van der Waals surface area contributed by atoms with Gasteiger partial charge < -0.3 is 19.8 Å². The molecule has 0 aliphatic carbocycles. The number of aromatic nitrogens is 1. The molecule has 0 unspecified atom stereocenters. The maximum absolute atomic E-state index is 10.7. The molecule has 0 spiro atoms. The number of hydrogen-bond donors (Lipinski definition) is 1. The highest BCUT2D eigenvalue weighted by Gasteiger charge is 2.51. The van der Waals surface area contributed by atoms with Gasteiger partial charge in [-0.1, -0.05) is 0 Å². The smallest absolute Gasteiger partial charge is 0.409 e. The van der Waals surface area contributed by atoms with E-state index in [-0.39, 0.29) is 5.75 Å². The first kappa shape index (κ1) is 13.8. The third-order valence-corrected chi connectivity index (χ3v) is 3.48. The van der Waals surface area contributed by atoms with Gasteiger partial charge in [-0.2, -0.15) is 0 Å². The van der Waals surface area contributed by atoms with E-state index in [1.54, 1.807) is 12.3 Å². The molecule has 1 fully saturated rings. The van der Waals surface area contributed by atoms with Gasteiger partial charge in [0.1, 0.15) is 0 Å². The van der Waals surface area contributed by atoms with Gasteiger partial charge in [-0.05, 0) is 33.8 Å². The first-order valence-electron chi connectivity index (χ1n) is 5.99. The van der Waals surface area contributed by atoms with Crippen molar-refractivity contribution in [1.29, 1.82) is 0 Å². The number of primary amides is 1. The largest absolute Gasteiger partial charge is 0.496 e. The molecule has 0 bridgehead atoms. The number of nitrogens with zero attached hydrogens (tertiary/aromatic N) is 1. The second-order valence-electron chi connectivity index (χ2n) is 5.46. The molecule has 2 N–H and O–H groups in total. The number of rotatable bonds is 2. The summed E-state index contributed by atoms with van der Waals surface area (Å²) in [6.07, 6.45) is 2.13. The Bertz CT molecular complexity index is 488. The molecule has 0 atom stereocenters. The van der Waals surface area contributed by atoms with Crippen molar-refractivity contribution in [3.05, 3.63) is 18.5 Å². The van der Waals surface area contributed by atoms with Crippen molar-refractivity contribution in [2.45, 2.75) is 38.9 Å². The summed E-state index contributed by atoms with van der Waals surface area (Å²) in [6, 6.07) is 1.62. The Morgan fingerprint density at radius 2 is 1.84 bits per heavy atom. The second-order valence-corrected chi connectivity index (χ2v) is 5.46. The number of pyridine rings is 1. The SMILES string of the molecule is CC1(C)OB(c2cncc(OC(N)=O)c2)OC1(C)C. The quantitative estimate of drug-likeness (QED) is 0.800. The fourth-order valence-corrected chi connectivity index (χ4v) is 1.72. The van der Waals surface area contributed by atoms with E-state index in [0.29, 0.717) is 5.46 Å². The van der Waals surface area contributed by atoms with Crippen LogP contribution in [0, 0.1) is 0 Å². The second kappa shape index (κ2) is 4.50. The average molecular weight is 264 g/mol. The molecular formula is C12H17BN2O4. The van der Waals surface area contributed by atoms with E-state index in [1.807, 2.05) is 27.7 Å². The summed E-state index contributed by atoms with van der Waals surface area (Å²) in [5.74, 6) is 0.264. The first-order chi connectivity index (χ1) is 8.71. The molecule has 0 radical (unpaired) electrons. The first-order valence-corrected chi connectivity index (χ1v) is 5.99. The van der Waals surface area contributed by atoms with Crippen LogP contribution in [0.5, 0.6) is 5.75 Å². The average Bonchev–Trinajstić information content (AvgIpc) is 2.47. The maximum Gasteiger partial charge on any atom is 0.496 e. The molecule has 1 aliphatic rings. The van der Waals surface area contributed by atoms with Gasteiger partial charge in [0.25, 0.3) is 0 Å². The highest BCUT2D eigenvalue weighted by molar-refractivity contribution is 6.62. The Morgan fingerprint density at radius 1 is 1.26 bits per heavy atom. The van der Waals surface area contributed by atoms with E-state index in [4.69, 9.17) is 19.8 Å². The highest BCUT2D eigenvalue weighted by atomic mass is 16.7. The fourth-order valence-electron chi connectivity index (χ4n) is 1.72. The lowest BCUT2D eigenvalue weighted by Crippen LogP contribution is -2.41. The molecule has 1 saturated heterocycles. The molecule has 1 aromatic rings. The normalized spacial score (nSPS) is 20.3. The molecule has 1 amide bonds. The van der Waals surface area contributed by atoms with Gasteiger partial charge in [0.15, 0.2) is 5.75 Å². The Balaban J connectivity index is 2.22. The maximum atomic E-state index is 10.7. The van der Waals surface area contributed by atoms with E-state index in [0.717, 1.165) is 0 Å². The van der Waals surface area contributed by atoms with Crippen molar-refractivity contribution >= 4 is 18.7 Å². The molecule has 102 valence electrons. The third kappa shape index (κ3) is 2.72. The topological polar surface area (TPSA) is 83.7 Å². The Labute approximate surface area is 112 Å². The third-order valence-electron chi connectivity index (χ3n) is 3.48. The van der Waals surface area contributed by atoms with Crippen LogP contribution in [0.1, 0.15) is 27.7 Å². The standard InChI is InChI=1S/C12H17BN2O4/c1-11(2)12(3,4)19-13(18-11)8-5-9(7-15-6-8)17-10(14)16/h5-7H,1-4H3,(H2,14,16). The monoisotopic (exact) mass is 264 g/mol. The van der Waals surface area contributed by atoms with Crippen molar-refractivity contribution in [3.8, 4) is 5.75 Å². The predicted octanol–water partition coefficient (Wildman–Crippen LogP) is 0.838. The van der Waals surface area contributed by atoms with Gasteiger partial charge in [0.05, 0.1) is 17.4 Å². The minimum absolute atomic E-state index is 0.264. The summed E-state index contributed by atoms with van der Waals surface area (Å²) in [6.45, 7) is 7.85. The minimum atomic E-state index is -0.882. The lowest BCUT2D eigenvalue weighted by atomic mass is 9.80. The van der Waals surface area contributed by atoms with E-state index in [9.17, 15) is 4.79 Å². The summed E-state index contributed by atoms with van der Waals surface area (Å²) in [7, 11) is -0.547. The van der Waals surface area contributed by atoms with Crippen LogP contribution in [-0.4, -0.2) is 29.4 Å². The van der Waals surface area contributed by atoms with Gasteiger partial charge in [-0.15, -0.1) is 0 Å². The Hall–Kier alpha value is -1.60. The summed E-state index contributed by atoms with van der Waals surface area (Å²) in [4.78, 5) is 14.7. The number of hydrogen-bond acceptors (Lipinski definition) is 5. The minimum Gasteiger partial charge on any atom is -0.409 e. The Morgan fingerprint density at radius 3 is 2.37 bits per heavy atom. The van der Waals surface area contributed by atoms with Crippen molar-refractivity contribution in [1.82, 2.24) is 4.98 Å². The van der Waals surface area contributed by atoms with Crippen LogP contribution in [0.25, 0.3) is 0 Å². The number of carbonyl (C=O) groups excluding carboxylic acids is 1. The van der Waals surface area contributed by atoms with Crippen LogP contribution < -0.4 is 15.9 Å². The fraction of sp³-hybridized carbons (Fsp3) is 0.500. The van der Waals surface area contributed by atoms with Crippen LogP contribution in [0.2, 0.25) is 0 Å². The van der Waals surface area contributed by atoms with Gasteiger partial charge in [-0.3, -0.25) is 4.98 Å². The molecule has 2 heterocycles. The van der Waals surface area contributed by atoms with Crippen LogP contribution in [0.4, 0.5) is 4.79 Å². The molecule has 0 saturated carbocycles. The van der Waals surface area contributed by atoms with Crippen LogP contribution in [0.3, 0.4) is 0 Å². The zero-order valence-electron chi connectivity index (χ0n) is 11.5. The Kier molecular flexibility index (Phi) is 3.28. The molecular weight excluding hydrogens is 247 g/mol. The van der Waals surface area contributed by atoms with Gasteiger partial charge in [0.2, 0.25) is 0 Å². The highest BCUT2D eigenvalue weighted by Crippen LogP contribution is 2.36. The summed E-state index contributed by atoms with van der Waals surface area (Å²) in [5, 5.41) is 0. The molecule has 7 heteroatoms. The van der Waals surface area contributed by atoms with E-state index >= 15 is 0 Å². The van der Waals surface area contributed by atoms with Crippen molar-refractivity contribution in [3.63, 3.8) is 0 Å². The number of amides is 1. The van der Waals surface area contributed by atoms with Crippen molar-refractivity contribution in [2.75, 3.05) is 0 Å². The molecule has 2 rings (SSSR count). The zero-order chi connectivity index (χ0) is 14.3. The molecule has 1 aliphatic heterocycles. The number of ether oxygens (including phenoxy) is 1. The molecule has 6 nitrogen and oxygen atoms in total. The predicted molar refractivity (Wildman–Crippen MR) is 70.2 cm³/mol. The van der Waals surface area contributed by atoms with E-state index < -0.39 is 24.4 Å².